The zero-order valence-electron chi connectivity index (χ0n) is 13.2. The molecule has 0 aliphatic rings. The number of hydrogen-bond donors (Lipinski definition) is 1. The number of hydrogen-bond acceptors (Lipinski definition) is 4. The summed E-state index contributed by atoms with van der Waals surface area (Å²) in [7, 11) is 3.13. The van der Waals surface area contributed by atoms with Crippen molar-refractivity contribution in [1.82, 2.24) is 5.32 Å². The molecule has 0 aliphatic heterocycles. The van der Waals surface area contributed by atoms with Crippen LogP contribution in [-0.4, -0.2) is 26.5 Å². The third-order valence-corrected chi connectivity index (χ3v) is 3.44. The van der Waals surface area contributed by atoms with Crippen LogP contribution in [0.2, 0.25) is 0 Å². The third-order valence-electron chi connectivity index (χ3n) is 3.44. The van der Waals surface area contributed by atoms with Gasteiger partial charge in [-0.05, 0) is 30.7 Å². The fourth-order valence-electron chi connectivity index (χ4n) is 2.14. The summed E-state index contributed by atoms with van der Waals surface area (Å²) in [5, 5.41) is 3.16. The Morgan fingerprint density at radius 2 is 1.68 bits per heavy atom. The Morgan fingerprint density at radius 3 is 2.32 bits per heavy atom. The lowest BCUT2D eigenvalue weighted by atomic mass is 10.1. The molecule has 0 radical (unpaired) electrons. The first-order valence-corrected chi connectivity index (χ1v) is 7.15. The molecule has 22 heavy (non-hydrogen) atoms. The molecule has 0 fully saturated rings. The lowest BCUT2D eigenvalue weighted by molar-refractivity contribution is 0.0990. The van der Waals surface area contributed by atoms with E-state index in [1.165, 1.54) is 5.56 Å². The maximum atomic E-state index is 12.2. The van der Waals surface area contributed by atoms with E-state index in [-0.39, 0.29) is 12.3 Å². The molecule has 1 N–H and O–H groups in total. The van der Waals surface area contributed by atoms with Crippen molar-refractivity contribution in [2.75, 3.05) is 20.8 Å². The van der Waals surface area contributed by atoms with Crippen molar-refractivity contribution in [3.8, 4) is 11.5 Å². The normalized spacial score (nSPS) is 10.3. The summed E-state index contributed by atoms with van der Waals surface area (Å²) in [5.74, 6) is 1.20. The van der Waals surface area contributed by atoms with Crippen molar-refractivity contribution in [2.24, 2.45) is 0 Å². The van der Waals surface area contributed by atoms with Crippen LogP contribution in [0.3, 0.4) is 0 Å². The van der Waals surface area contributed by atoms with Gasteiger partial charge in [-0.15, -0.1) is 0 Å². The number of rotatable bonds is 7. The minimum Gasteiger partial charge on any atom is -0.493 e. The molecule has 2 aromatic rings. The van der Waals surface area contributed by atoms with Crippen LogP contribution in [-0.2, 0) is 6.54 Å². The van der Waals surface area contributed by atoms with E-state index in [4.69, 9.17) is 9.47 Å². The molecule has 0 heterocycles. The molecule has 0 aromatic heterocycles. The van der Waals surface area contributed by atoms with Gasteiger partial charge in [0, 0.05) is 12.1 Å². The Balaban J connectivity index is 1.93. The second-order valence-corrected chi connectivity index (χ2v) is 5.08. The molecular weight excluding hydrogens is 278 g/mol. The predicted octanol–water partition coefficient (Wildman–Crippen LogP) is 2.98. The molecule has 116 valence electrons. The highest BCUT2D eigenvalue weighted by molar-refractivity contribution is 5.98. The van der Waals surface area contributed by atoms with Crippen LogP contribution in [0.4, 0.5) is 0 Å². The average Bonchev–Trinajstić information content (AvgIpc) is 2.55. The summed E-state index contributed by atoms with van der Waals surface area (Å²) in [4.78, 5) is 12.2. The fourth-order valence-corrected chi connectivity index (χ4v) is 2.14. The third kappa shape index (κ3) is 4.09. The Bertz CT molecular complexity index is 635. The van der Waals surface area contributed by atoms with Gasteiger partial charge in [-0.2, -0.15) is 0 Å². The molecule has 0 unspecified atom stereocenters. The maximum Gasteiger partial charge on any atom is 0.176 e. The minimum absolute atomic E-state index is 0.0214. The zero-order chi connectivity index (χ0) is 15.9. The lowest BCUT2D eigenvalue weighted by Gasteiger charge is -2.09. The molecule has 0 bridgehead atoms. The first-order chi connectivity index (χ1) is 10.6. The molecule has 4 heteroatoms. The monoisotopic (exact) mass is 299 g/mol. The lowest BCUT2D eigenvalue weighted by Crippen LogP contribution is -2.22. The molecule has 2 aromatic carbocycles. The molecule has 0 saturated heterocycles. The van der Waals surface area contributed by atoms with Gasteiger partial charge in [0.25, 0.3) is 0 Å². The zero-order valence-corrected chi connectivity index (χ0v) is 13.2. The molecule has 2 rings (SSSR count). The molecule has 0 saturated carbocycles. The van der Waals surface area contributed by atoms with Gasteiger partial charge in [0.1, 0.15) is 0 Å². The van der Waals surface area contributed by atoms with Crippen molar-refractivity contribution < 1.29 is 14.3 Å². The molecule has 0 aliphatic carbocycles. The van der Waals surface area contributed by atoms with E-state index in [2.05, 4.69) is 36.5 Å². The minimum atomic E-state index is 0.0214. The highest BCUT2D eigenvalue weighted by Gasteiger charge is 2.10. The van der Waals surface area contributed by atoms with Gasteiger partial charge in [-0.3, -0.25) is 4.79 Å². The van der Waals surface area contributed by atoms with Crippen LogP contribution >= 0.6 is 0 Å². The number of carbonyl (C=O) groups excluding carboxylic acids is 1. The molecule has 4 nitrogen and oxygen atoms in total. The van der Waals surface area contributed by atoms with E-state index in [1.54, 1.807) is 32.4 Å². The van der Waals surface area contributed by atoms with Crippen LogP contribution in [0.5, 0.6) is 11.5 Å². The summed E-state index contributed by atoms with van der Waals surface area (Å²) in [5.41, 5.74) is 2.99. The quantitative estimate of drug-likeness (QED) is 0.799. The van der Waals surface area contributed by atoms with Crippen molar-refractivity contribution >= 4 is 5.78 Å². The Labute approximate surface area is 131 Å². The second kappa shape index (κ2) is 7.61. The van der Waals surface area contributed by atoms with Crippen LogP contribution in [0.15, 0.2) is 42.5 Å². The van der Waals surface area contributed by atoms with Gasteiger partial charge in [0.15, 0.2) is 17.3 Å². The average molecular weight is 299 g/mol. The molecule has 0 amide bonds. The highest BCUT2D eigenvalue weighted by atomic mass is 16.5. The topological polar surface area (TPSA) is 47.6 Å². The van der Waals surface area contributed by atoms with Gasteiger partial charge in [0.05, 0.1) is 20.8 Å². The van der Waals surface area contributed by atoms with Crippen molar-refractivity contribution in [2.45, 2.75) is 13.5 Å². The van der Waals surface area contributed by atoms with E-state index >= 15 is 0 Å². The molecule has 0 spiro atoms. The SMILES string of the molecule is COc1ccc(C(=O)CNCc2ccc(C)cc2)cc1OC. The van der Waals surface area contributed by atoms with E-state index in [0.717, 1.165) is 5.56 Å². The standard InChI is InChI=1S/C18H21NO3/c1-13-4-6-14(7-5-13)11-19-12-16(20)15-8-9-17(21-2)18(10-15)22-3/h4-10,19H,11-12H2,1-3H3. The van der Waals surface area contributed by atoms with Crippen molar-refractivity contribution in [3.63, 3.8) is 0 Å². The van der Waals surface area contributed by atoms with E-state index < -0.39 is 0 Å². The summed E-state index contributed by atoms with van der Waals surface area (Å²) in [6, 6.07) is 13.4. The van der Waals surface area contributed by atoms with E-state index in [1.807, 2.05) is 0 Å². The number of carbonyl (C=O) groups is 1. The first kappa shape index (κ1) is 16.0. The van der Waals surface area contributed by atoms with E-state index in [0.29, 0.717) is 23.6 Å². The highest BCUT2D eigenvalue weighted by Crippen LogP contribution is 2.27. The number of methoxy groups -OCH3 is 2. The number of ether oxygens (including phenoxy) is 2. The first-order valence-electron chi connectivity index (χ1n) is 7.15. The summed E-state index contributed by atoms with van der Waals surface area (Å²) in [6.45, 7) is 3.00. The largest absolute Gasteiger partial charge is 0.493 e. The molecular formula is C18H21NO3. The van der Waals surface area contributed by atoms with Gasteiger partial charge in [-0.1, -0.05) is 29.8 Å². The second-order valence-electron chi connectivity index (χ2n) is 5.08. The Hall–Kier alpha value is -2.33. The predicted molar refractivity (Wildman–Crippen MR) is 86.8 cm³/mol. The number of aryl methyl sites for hydroxylation is 1. The Morgan fingerprint density at radius 1 is 1.00 bits per heavy atom. The van der Waals surface area contributed by atoms with Crippen LogP contribution in [0.25, 0.3) is 0 Å². The van der Waals surface area contributed by atoms with Crippen LogP contribution in [0.1, 0.15) is 21.5 Å². The van der Waals surface area contributed by atoms with Gasteiger partial charge >= 0.3 is 0 Å². The van der Waals surface area contributed by atoms with Crippen LogP contribution in [0, 0.1) is 6.92 Å². The van der Waals surface area contributed by atoms with Gasteiger partial charge in [0.2, 0.25) is 0 Å². The van der Waals surface area contributed by atoms with Crippen LogP contribution < -0.4 is 14.8 Å². The number of nitrogens with one attached hydrogen (secondary N) is 1. The fraction of sp³-hybridized carbons (Fsp3) is 0.278. The number of benzene rings is 2. The van der Waals surface area contributed by atoms with Crippen molar-refractivity contribution in [3.05, 3.63) is 59.2 Å². The van der Waals surface area contributed by atoms with Crippen molar-refractivity contribution in [1.29, 1.82) is 0 Å². The maximum absolute atomic E-state index is 12.2. The summed E-state index contributed by atoms with van der Waals surface area (Å²) in [6.07, 6.45) is 0. The molecule has 0 atom stereocenters. The number of ketones is 1. The van der Waals surface area contributed by atoms with Gasteiger partial charge in [-0.25, -0.2) is 0 Å². The smallest absolute Gasteiger partial charge is 0.176 e. The summed E-state index contributed by atoms with van der Waals surface area (Å²) >= 11 is 0. The Kier molecular flexibility index (Phi) is 5.55. The number of Topliss-reactive ketones (excluding diaryl/α,β-unsaturated/α-hetero) is 1. The van der Waals surface area contributed by atoms with E-state index in [9.17, 15) is 4.79 Å². The van der Waals surface area contributed by atoms with Gasteiger partial charge < -0.3 is 14.8 Å². The summed E-state index contributed by atoms with van der Waals surface area (Å²) < 4.78 is 10.4.